The molecule has 0 aliphatic carbocycles. The molecular formula is C31H35N3O3. The average Bonchev–Trinajstić information content (AvgIpc) is 3.30. The SMILES string of the molecule is CCOc1cccc(-c2ccc3nc(-c4ccc(OC)cc4)c(CCC(=O)N4CCCCC4C)n3c2)c1. The minimum Gasteiger partial charge on any atom is -0.497 e. The Labute approximate surface area is 218 Å². The van der Waals surface area contributed by atoms with E-state index in [0.717, 1.165) is 64.6 Å². The zero-order valence-corrected chi connectivity index (χ0v) is 21.9. The molecule has 0 saturated carbocycles. The molecule has 5 rings (SSSR count). The normalized spacial score (nSPS) is 15.6. The average molecular weight is 498 g/mol. The predicted octanol–water partition coefficient (Wildman–Crippen LogP) is 6.41. The van der Waals surface area contributed by atoms with Crippen molar-refractivity contribution in [2.75, 3.05) is 20.3 Å². The van der Waals surface area contributed by atoms with Gasteiger partial charge in [0.15, 0.2) is 0 Å². The molecule has 0 radical (unpaired) electrons. The van der Waals surface area contributed by atoms with Crippen molar-refractivity contribution in [3.05, 3.63) is 72.6 Å². The molecule has 2 aromatic heterocycles. The largest absolute Gasteiger partial charge is 0.497 e. The monoisotopic (exact) mass is 497 g/mol. The Bertz CT molecular complexity index is 1380. The number of hydrogen-bond donors (Lipinski definition) is 0. The van der Waals surface area contributed by atoms with Crippen LogP contribution in [0.1, 0.15) is 45.2 Å². The number of amides is 1. The van der Waals surface area contributed by atoms with Crippen molar-refractivity contribution in [3.63, 3.8) is 0 Å². The zero-order chi connectivity index (χ0) is 25.8. The maximum Gasteiger partial charge on any atom is 0.223 e. The molecule has 2 aromatic carbocycles. The van der Waals surface area contributed by atoms with Crippen LogP contribution in [-0.4, -0.2) is 46.5 Å². The number of pyridine rings is 1. The van der Waals surface area contributed by atoms with Gasteiger partial charge in [0.1, 0.15) is 17.1 Å². The summed E-state index contributed by atoms with van der Waals surface area (Å²) in [6, 6.07) is 20.6. The molecule has 0 bridgehead atoms. The summed E-state index contributed by atoms with van der Waals surface area (Å²) in [5.41, 5.74) is 5.98. The smallest absolute Gasteiger partial charge is 0.223 e. The standard InChI is InChI=1S/C31H35N3O3/c1-4-37-27-10-7-9-24(20-27)25-13-17-29-32-31(23-11-14-26(36-3)15-12-23)28(34(29)21-25)16-18-30(35)33-19-6-5-8-22(33)2/h7,9-15,17,20-22H,4-6,8,16,18-19H2,1-3H3. The summed E-state index contributed by atoms with van der Waals surface area (Å²) in [5, 5.41) is 0. The van der Waals surface area contributed by atoms with Gasteiger partial charge in [-0.15, -0.1) is 0 Å². The molecule has 3 heterocycles. The Kier molecular flexibility index (Phi) is 7.45. The number of ether oxygens (including phenoxy) is 2. The molecule has 1 saturated heterocycles. The predicted molar refractivity (Wildman–Crippen MR) is 147 cm³/mol. The Hall–Kier alpha value is -3.80. The highest BCUT2D eigenvalue weighted by molar-refractivity contribution is 5.78. The molecule has 1 amide bonds. The van der Waals surface area contributed by atoms with Gasteiger partial charge in [-0.2, -0.15) is 0 Å². The van der Waals surface area contributed by atoms with E-state index in [-0.39, 0.29) is 5.91 Å². The van der Waals surface area contributed by atoms with Gasteiger partial charge in [-0.25, -0.2) is 4.98 Å². The number of rotatable bonds is 8. The first-order valence-electron chi connectivity index (χ1n) is 13.3. The molecule has 4 aromatic rings. The molecule has 0 spiro atoms. The van der Waals surface area contributed by atoms with Crippen LogP contribution in [0.3, 0.4) is 0 Å². The van der Waals surface area contributed by atoms with E-state index in [1.54, 1.807) is 7.11 Å². The Morgan fingerprint density at radius 3 is 2.57 bits per heavy atom. The molecule has 1 unspecified atom stereocenters. The van der Waals surface area contributed by atoms with Gasteiger partial charge in [0.25, 0.3) is 0 Å². The number of benzene rings is 2. The van der Waals surface area contributed by atoms with Crippen LogP contribution in [0, 0.1) is 0 Å². The number of aromatic nitrogens is 2. The first-order chi connectivity index (χ1) is 18.1. The summed E-state index contributed by atoms with van der Waals surface area (Å²) in [6.07, 6.45) is 6.59. The lowest BCUT2D eigenvalue weighted by Gasteiger charge is -2.33. The molecule has 37 heavy (non-hydrogen) atoms. The number of methoxy groups -OCH3 is 1. The number of nitrogens with zero attached hydrogens (tertiary/aromatic N) is 3. The molecule has 1 fully saturated rings. The molecule has 6 heteroatoms. The van der Waals surface area contributed by atoms with Crippen LogP contribution in [0.25, 0.3) is 28.0 Å². The maximum absolute atomic E-state index is 13.2. The minimum absolute atomic E-state index is 0.225. The Morgan fingerprint density at radius 1 is 1.00 bits per heavy atom. The van der Waals surface area contributed by atoms with Gasteiger partial charge in [0.2, 0.25) is 5.91 Å². The van der Waals surface area contributed by atoms with Crippen molar-refractivity contribution in [3.8, 4) is 33.9 Å². The third-order valence-electron chi connectivity index (χ3n) is 7.26. The summed E-state index contributed by atoms with van der Waals surface area (Å²) < 4.78 is 13.2. The van der Waals surface area contributed by atoms with Crippen molar-refractivity contribution < 1.29 is 14.3 Å². The summed E-state index contributed by atoms with van der Waals surface area (Å²) in [7, 11) is 1.67. The van der Waals surface area contributed by atoms with Crippen LogP contribution >= 0.6 is 0 Å². The minimum atomic E-state index is 0.225. The van der Waals surface area contributed by atoms with Gasteiger partial charge < -0.3 is 18.8 Å². The van der Waals surface area contributed by atoms with E-state index in [2.05, 4.69) is 40.6 Å². The third kappa shape index (κ3) is 5.33. The van der Waals surface area contributed by atoms with Crippen LogP contribution in [-0.2, 0) is 11.2 Å². The lowest BCUT2D eigenvalue weighted by Crippen LogP contribution is -2.42. The molecule has 0 N–H and O–H groups in total. The Morgan fingerprint density at radius 2 is 1.81 bits per heavy atom. The number of likely N-dealkylation sites (tertiary alicyclic amines) is 1. The van der Waals surface area contributed by atoms with Gasteiger partial charge in [-0.05, 0) is 99.2 Å². The Balaban J connectivity index is 1.53. The fraction of sp³-hybridized carbons (Fsp3) is 0.355. The second-order valence-electron chi connectivity index (χ2n) is 9.67. The first kappa shape index (κ1) is 24.9. The number of hydrogen-bond acceptors (Lipinski definition) is 4. The van der Waals surface area contributed by atoms with Crippen LogP contribution in [0.2, 0.25) is 0 Å². The number of carbonyl (C=O) groups excluding carboxylic acids is 1. The van der Waals surface area contributed by atoms with Gasteiger partial charge >= 0.3 is 0 Å². The van der Waals surface area contributed by atoms with E-state index >= 15 is 0 Å². The van der Waals surface area contributed by atoms with Crippen LogP contribution < -0.4 is 9.47 Å². The van der Waals surface area contributed by atoms with Crippen molar-refractivity contribution in [2.24, 2.45) is 0 Å². The summed E-state index contributed by atoms with van der Waals surface area (Å²) in [4.78, 5) is 20.3. The van der Waals surface area contributed by atoms with E-state index in [4.69, 9.17) is 14.5 Å². The third-order valence-corrected chi connectivity index (χ3v) is 7.26. The highest BCUT2D eigenvalue weighted by atomic mass is 16.5. The second-order valence-corrected chi connectivity index (χ2v) is 9.67. The van der Waals surface area contributed by atoms with Crippen molar-refractivity contribution in [1.82, 2.24) is 14.3 Å². The zero-order valence-electron chi connectivity index (χ0n) is 21.9. The maximum atomic E-state index is 13.2. The number of imidazole rings is 1. The molecule has 1 atom stereocenters. The van der Waals surface area contributed by atoms with Crippen molar-refractivity contribution >= 4 is 11.6 Å². The van der Waals surface area contributed by atoms with Crippen molar-refractivity contribution in [1.29, 1.82) is 0 Å². The molecular weight excluding hydrogens is 462 g/mol. The van der Waals surface area contributed by atoms with Gasteiger partial charge in [0, 0.05) is 30.8 Å². The highest BCUT2D eigenvalue weighted by Crippen LogP contribution is 2.31. The number of piperidine rings is 1. The quantitative estimate of drug-likeness (QED) is 0.282. The first-order valence-corrected chi connectivity index (χ1v) is 13.3. The highest BCUT2D eigenvalue weighted by Gasteiger charge is 2.24. The van der Waals surface area contributed by atoms with E-state index in [1.165, 1.54) is 6.42 Å². The van der Waals surface area contributed by atoms with Gasteiger partial charge in [0.05, 0.1) is 25.1 Å². The van der Waals surface area contributed by atoms with Crippen LogP contribution in [0.5, 0.6) is 11.5 Å². The van der Waals surface area contributed by atoms with Gasteiger partial charge in [-0.3, -0.25) is 4.79 Å². The van der Waals surface area contributed by atoms with Crippen LogP contribution in [0.15, 0.2) is 66.9 Å². The van der Waals surface area contributed by atoms with Crippen molar-refractivity contribution in [2.45, 2.75) is 52.0 Å². The van der Waals surface area contributed by atoms with E-state index < -0.39 is 0 Å². The fourth-order valence-electron chi connectivity index (χ4n) is 5.25. The summed E-state index contributed by atoms with van der Waals surface area (Å²) >= 11 is 0. The molecule has 6 nitrogen and oxygen atoms in total. The number of aryl methyl sites for hydroxylation is 1. The van der Waals surface area contributed by atoms with E-state index in [1.807, 2.05) is 49.4 Å². The summed E-state index contributed by atoms with van der Waals surface area (Å²) in [6.45, 7) is 5.64. The van der Waals surface area contributed by atoms with E-state index in [0.29, 0.717) is 25.5 Å². The molecule has 1 aliphatic heterocycles. The topological polar surface area (TPSA) is 56.1 Å². The molecule has 1 aliphatic rings. The van der Waals surface area contributed by atoms with Gasteiger partial charge in [-0.1, -0.05) is 12.1 Å². The van der Waals surface area contributed by atoms with E-state index in [9.17, 15) is 4.79 Å². The fourth-order valence-corrected chi connectivity index (χ4v) is 5.25. The molecule has 192 valence electrons. The summed E-state index contributed by atoms with van der Waals surface area (Å²) in [5.74, 6) is 1.88. The lowest BCUT2D eigenvalue weighted by atomic mass is 10.0. The number of fused-ring (bicyclic) bond motifs is 1. The second kappa shape index (κ2) is 11.1. The number of carbonyl (C=O) groups is 1. The van der Waals surface area contributed by atoms with Crippen LogP contribution in [0.4, 0.5) is 0 Å². The lowest BCUT2D eigenvalue weighted by molar-refractivity contribution is -0.134.